The van der Waals surface area contributed by atoms with Crippen molar-refractivity contribution in [1.82, 2.24) is 9.99 Å². The molecule has 0 aliphatic carbocycles. The number of hydrazone groups is 1. The molecular formula is C32H27Br2N3O4. The summed E-state index contributed by atoms with van der Waals surface area (Å²) in [6.07, 6.45) is 1.53. The zero-order valence-electron chi connectivity index (χ0n) is 22.4. The van der Waals surface area contributed by atoms with E-state index in [0.29, 0.717) is 29.4 Å². The zero-order valence-corrected chi connectivity index (χ0v) is 25.6. The first kappa shape index (κ1) is 28.4. The first-order chi connectivity index (χ1) is 19.9. The molecule has 0 unspecified atom stereocenters. The maximum absolute atomic E-state index is 12.6. The third-order valence-electron chi connectivity index (χ3n) is 6.28. The Morgan fingerprint density at radius 3 is 2.29 bits per heavy atom. The Balaban J connectivity index is 1.15. The van der Waals surface area contributed by atoms with Gasteiger partial charge in [-0.15, -0.1) is 0 Å². The minimum atomic E-state index is -0.471. The van der Waals surface area contributed by atoms with Gasteiger partial charge < -0.3 is 18.5 Å². The van der Waals surface area contributed by atoms with Crippen LogP contribution in [0.25, 0.3) is 5.69 Å². The van der Waals surface area contributed by atoms with Gasteiger partial charge in [-0.25, -0.2) is 5.43 Å². The maximum Gasteiger partial charge on any atom is 0.307 e. The van der Waals surface area contributed by atoms with Gasteiger partial charge in [0.05, 0.1) is 6.21 Å². The van der Waals surface area contributed by atoms with Gasteiger partial charge >= 0.3 is 5.91 Å². The number of benzene rings is 3. The average Bonchev–Trinajstić information content (AvgIpc) is 3.58. The number of hydrogen-bond donors (Lipinski definition) is 1. The Morgan fingerprint density at radius 1 is 0.854 bits per heavy atom. The molecule has 1 N–H and O–H groups in total. The van der Waals surface area contributed by atoms with Crippen molar-refractivity contribution < 1.29 is 18.7 Å². The molecule has 0 aliphatic heterocycles. The van der Waals surface area contributed by atoms with Crippen LogP contribution in [0, 0.1) is 13.8 Å². The van der Waals surface area contributed by atoms with E-state index in [1.165, 1.54) is 17.6 Å². The van der Waals surface area contributed by atoms with E-state index >= 15 is 0 Å². The molecule has 0 atom stereocenters. The lowest BCUT2D eigenvalue weighted by atomic mass is 10.2. The molecule has 0 fully saturated rings. The summed E-state index contributed by atoms with van der Waals surface area (Å²) in [5.41, 5.74) is 7.66. The lowest BCUT2D eigenvalue weighted by Gasteiger charge is -2.10. The van der Waals surface area contributed by atoms with Crippen molar-refractivity contribution in [2.24, 2.45) is 5.10 Å². The standard InChI is InChI=1S/C32H27Br2N3O4/c1-21-3-4-22(2)37(21)27-10-12-28(13-11-27)39-20-29-14-16-31(41-29)32(38)36-35-18-24-17-26(34)9-15-30(24)40-19-23-5-7-25(33)8-6-23/h3-18H,19-20H2,1-2H3,(H,36,38)/b35-18+. The van der Waals surface area contributed by atoms with Crippen LogP contribution in [0.2, 0.25) is 0 Å². The lowest BCUT2D eigenvalue weighted by molar-refractivity contribution is 0.0923. The number of aromatic nitrogens is 1. The van der Waals surface area contributed by atoms with E-state index in [1.807, 2.05) is 66.7 Å². The molecule has 0 saturated heterocycles. The van der Waals surface area contributed by atoms with Crippen molar-refractivity contribution in [2.75, 3.05) is 0 Å². The van der Waals surface area contributed by atoms with Crippen molar-refractivity contribution in [3.63, 3.8) is 0 Å². The van der Waals surface area contributed by atoms with Gasteiger partial charge in [0, 0.05) is 31.6 Å². The molecule has 0 spiro atoms. The quantitative estimate of drug-likeness (QED) is 0.120. The summed E-state index contributed by atoms with van der Waals surface area (Å²) in [4.78, 5) is 12.6. The number of carbonyl (C=O) groups is 1. The number of hydrogen-bond acceptors (Lipinski definition) is 5. The smallest absolute Gasteiger partial charge is 0.307 e. The predicted molar refractivity (Wildman–Crippen MR) is 166 cm³/mol. The molecule has 0 bridgehead atoms. The third-order valence-corrected chi connectivity index (χ3v) is 7.30. The fourth-order valence-electron chi connectivity index (χ4n) is 4.21. The largest absolute Gasteiger partial charge is 0.488 e. The van der Waals surface area contributed by atoms with Crippen LogP contribution in [0.1, 0.15) is 38.8 Å². The van der Waals surface area contributed by atoms with Crippen molar-refractivity contribution in [3.05, 3.63) is 134 Å². The summed E-state index contributed by atoms with van der Waals surface area (Å²) >= 11 is 6.91. The Kier molecular flexibility index (Phi) is 9.06. The first-order valence-electron chi connectivity index (χ1n) is 12.8. The molecule has 3 aromatic carbocycles. The SMILES string of the molecule is Cc1ccc(C)n1-c1ccc(OCc2ccc(C(=O)N/N=C/c3cc(Br)ccc3OCc3ccc(Br)cc3)o2)cc1. The highest BCUT2D eigenvalue weighted by atomic mass is 79.9. The minimum Gasteiger partial charge on any atom is -0.488 e. The van der Waals surface area contributed by atoms with E-state index in [4.69, 9.17) is 13.9 Å². The van der Waals surface area contributed by atoms with E-state index in [-0.39, 0.29) is 12.4 Å². The summed E-state index contributed by atoms with van der Waals surface area (Å²) in [5.74, 6) is 1.53. The highest BCUT2D eigenvalue weighted by Crippen LogP contribution is 2.24. The van der Waals surface area contributed by atoms with Gasteiger partial charge in [-0.05, 0) is 98.3 Å². The molecule has 0 aliphatic rings. The molecular weight excluding hydrogens is 650 g/mol. The topological polar surface area (TPSA) is 78.0 Å². The molecule has 5 aromatic rings. The Labute approximate surface area is 255 Å². The Morgan fingerprint density at radius 2 is 1.56 bits per heavy atom. The molecule has 0 saturated carbocycles. The van der Waals surface area contributed by atoms with E-state index in [9.17, 15) is 4.79 Å². The highest BCUT2D eigenvalue weighted by molar-refractivity contribution is 9.10. The monoisotopic (exact) mass is 675 g/mol. The number of rotatable bonds is 10. The Hall–Kier alpha value is -4.08. The summed E-state index contributed by atoms with van der Waals surface area (Å²) in [6, 6.07) is 28.8. The number of nitrogens with one attached hydrogen (secondary N) is 1. The number of carbonyl (C=O) groups excluding carboxylic acids is 1. The summed E-state index contributed by atoms with van der Waals surface area (Å²) < 4.78 is 21.6. The van der Waals surface area contributed by atoms with Crippen molar-refractivity contribution >= 4 is 44.0 Å². The molecule has 7 nitrogen and oxygen atoms in total. The number of furan rings is 1. The molecule has 41 heavy (non-hydrogen) atoms. The number of nitrogens with zero attached hydrogens (tertiary/aromatic N) is 2. The number of aryl methyl sites for hydroxylation is 2. The van der Waals surface area contributed by atoms with Gasteiger partial charge in [-0.3, -0.25) is 4.79 Å². The van der Waals surface area contributed by atoms with Crippen LogP contribution < -0.4 is 14.9 Å². The van der Waals surface area contributed by atoms with Crippen LogP contribution in [0.4, 0.5) is 0 Å². The first-order valence-corrected chi connectivity index (χ1v) is 14.4. The summed E-state index contributed by atoms with van der Waals surface area (Å²) in [5, 5.41) is 4.11. The second kappa shape index (κ2) is 13.1. The fourth-order valence-corrected chi connectivity index (χ4v) is 4.85. The van der Waals surface area contributed by atoms with Crippen molar-refractivity contribution in [2.45, 2.75) is 27.1 Å². The van der Waals surface area contributed by atoms with Crippen LogP contribution in [0.15, 0.2) is 109 Å². The van der Waals surface area contributed by atoms with E-state index < -0.39 is 5.91 Å². The molecule has 2 heterocycles. The van der Waals surface area contributed by atoms with Crippen LogP contribution >= 0.6 is 31.9 Å². The van der Waals surface area contributed by atoms with E-state index in [2.05, 4.69) is 72.9 Å². The van der Waals surface area contributed by atoms with Gasteiger partial charge in [0.2, 0.25) is 0 Å². The summed E-state index contributed by atoms with van der Waals surface area (Å²) in [6.45, 7) is 4.74. The number of amides is 1. The average molecular weight is 677 g/mol. The van der Waals surface area contributed by atoms with E-state index in [0.717, 1.165) is 20.2 Å². The van der Waals surface area contributed by atoms with Crippen molar-refractivity contribution in [3.8, 4) is 17.2 Å². The number of halogens is 2. The van der Waals surface area contributed by atoms with Gasteiger partial charge in [-0.1, -0.05) is 44.0 Å². The van der Waals surface area contributed by atoms with Gasteiger partial charge in [0.15, 0.2) is 5.76 Å². The van der Waals surface area contributed by atoms with Gasteiger partial charge in [0.1, 0.15) is 30.5 Å². The normalized spacial score (nSPS) is 11.1. The second-order valence-electron chi connectivity index (χ2n) is 9.30. The second-order valence-corrected chi connectivity index (χ2v) is 11.1. The molecule has 9 heteroatoms. The summed E-state index contributed by atoms with van der Waals surface area (Å²) in [7, 11) is 0. The molecule has 0 radical (unpaired) electrons. The van der Waals surface area contributed by atoms with Gasteiger partial charge in [-0.2, -0.15) is 5.10 Å². The van der Waals surface area contributed by atoms with Crippen LogP contribution in [0.5, 0.6) is 11.5 Å². The van der Waals surface area contributed by atoms with Crippen LogP contribution in [0.3, 0.4) is 0 Å². The van der Waals surface area contributed by atoms with Crippen LogP contribution in [-0.4, -0.2) is 16.7 Å². The number of ether oxygens (including phenoxy) is 2. The van der Waals surface area contributed by atoms with Gasteiger partial charge in [0.25, 0.3) is 0 Å². The molecule has 1 amide bonds. The zero-order chi connectivity index (χ0) is 28.8. The molecule has 5 rings (SSSR count). The fraction of sp³-hybridized carbons (Fsp3) is 0.125. The highest BCUT2D eigenvalue weighted by Gasteiger charge is 2.12. The Bertz CT molecular complexity index is 1650. The maximum atomic E-state index is 12.6. The lowest BCUT2D eigenvalue weighted by Crippen LogP contribution is -2.16. The minimum absolute atomic E-state index is 0.135. The third kappa shape index (κ3) is 7.36. The van der Waals surface area contributed by atoms with Crippen molar-refractivity contribution in [1.29, 1.82) is 0 Å². The molecule has 208 valence electrons. The molecule has 2 aromatic heterocycles. The van der Waals surface area contributed by atoms with E-state index in [1.54, 1.807) is 12.1 Å². The predicted octanol–water partition coefficient (Wildman–Crippen LogP) is 8.13. The van der Waals surface area contributed by atoms with Crippen LogP contribution in [-0.2, 0) is 13.2 Å².